The third kappa shape index (κ3) is 17.9. The van der Waals surface area contributed by atoms with Gasteiger partial charge in [-0.15, -0.1) is 0 Å². The Bertz CT molecular complexity index is 2070. The van der Waals surface area contributed by atoms with Crippen molar-refractivity contribution in [3.8, 4) is 0 Å². The molecule has 1 heterocycles. The van der Waals surface area contributed by atoms with Crippen LogP contribution in [0, 0.1) is 0 Å². The SMILES string of the molecule is C[C@H](NC(=O)[C@H](CC(N)=O)NC(=O)[C@H](Cc1c[nH]c2ccccc12)NC(=O)[C@H](CC(N)=O)NC(=O)[C@H](CCC(=O)O)NC(=O)[C@@H](N)CCC(=O)O)C(=O)N[C@@H](CCC(=O)O)C(=O)O. The number of aromatic amines is 1. The molecule has 1 aromatic carbocycles. The van der Waals surface area contributed by atoms with Gasteiger partial charge in [-0.3, -0.25) is 52.7 Å². The van der Waals surface area contributed by atoms with Crippen LogP contribution in [0.4, 0.5) is 0 Å². The molecule has 0 aliphatic heterocycles. The number of amides is 8. The Labute approximate surface area is 356 Å². The first-order chi connectivity index (χ1) is 29.5. The number of carbonyl (C=O) groups is 12. The normalized spacial score (nSPS) is 14.2. The number of aromatic nitrogens is 1. The molecule has 0 aliphatic rings. The van der Waals surface area contributed by atoms with Gasteiger partial charge in [-0.2, -0.15) is 0 Å². The van der Waals surface area contributed by atoms with Crippen molar-refractivity contribution >= 4 is 82.0 Å². The van der Waals surface area contributed by atoms with Crippen molar-refractivity contribution in [3.63, 3.8) is 0 Å². The molecule has 63 heavy (non-hydrogen) atoms. The molecule has 17 N–H and O–H groups in total. The lowest BCUT2D eigenvalue weighted by atomic mass is 10.0. The summed E-state index contributed by atoms with van der Waals surface area (Å²) >= 11 is 0. The second-order valence-corrected chi connectivity index (χ2v) is 14.2. The van der Waals surface area contributed by atoms with Gasteiger partial charge in [0.15, 0.2) is 0 Å². The monoisotopic (exact) mass is 890 g/mol. The maximum absolute atomic E-state index is 14.0. The first-order valence-electron chi connectivity index (χ1n) is 19.1. The first kappa shape index (κ1) is 51.5. The molecule has 0 unspecified atom stereocenters. The second kappa shape index (κ2) is 24.6. The van der Waals surface area contributed by atoms with Crippen LogP contribution < -0.4 is 49.1 Å². The summed E-state index contributed by atoms with van der Waals surface area (Å²) in [4.78, 5) is 152. The molecule has 0 saturated carbocycles. The number of hydrogen-bond acceptors (Lipinski definition) is 13. The van der Waals surface area contributed by atoms with Gasteiger partial charge in [-0.05, 0) is 37.8 Å². The lowest BCUT2D eigenvalue weighted by Crippen LogP contribution is -2.60. The average molecular weight is 891 g/mol. The topological polar surface area (TPSA) is 452 Å². The van der Waals surface area contributed by atoms with Crippen molar-refractivity contribution in [3.05, 3.63) is 36.0 Å². The Hall–Kier alpha value is -7.64. The van der Waals surface area contributed by atoms with Crippen LogP contribution in [0.25, 0.3) is 10.9 Å². The molecule has 0 radical (unpaired) electrons. The van der Waals surface area contributed by atoms with Gasteiger partial charge < -0.3 is 74.5 Å². The maximum Gasteiger partial charge on any atom is 0.326 e. The molecule has 344 valence electrons. The number of fused-ring (bicyclic) bond motifs is 1. The van der Waals surface area contributed by atoms with E-state index in [0.717, 1.165) is 6.92 Å². The zero-order valence-electron chi connectivity index (χ0n) is 33.7. The Kier molecular flexibility index (Phi) is 20.1. The Morgan fingerprint density at radius 3 is 1.51 bits per heavy atom. The molecule has 26 heteroatoms. The number of carboxylic acids is 4. The van der Waals surface area contributed by atoms with Crippen molar-refractivity contribution in [2.75, 3.05) is 0 Å². The molecule has 0 fully saturated rings. The smallest absolute Gasteiger partial charge is 0.326 e. The summed E-state index contributed by atoms with van der Waals surface area (Å²) in [6.07, 6.45) is -3.92. The fraction of sp³-hybridized carbons (Fsp3) is 0.459. The van der Waals surface area contributed by atoms with E-state index < -0.39 is 158 Å². The number of aliphatic carboxylic acids is 4. The van der Waals surface area contributed by atoms with Crippen LogP contribution in [-0.4, -0.2) is 139 Å². The van der Waals surface area contributed by atoms with Crippen molar-refractivity contribution in [2.24, 2.45) is 17.2 Å². The second-order valence-electron chi connectivity index (χ2n) is 14.2. The number of carboxylic acid groups (broad SMARTS) is 4. The van der Waals surface area contributed by atoms with Gasteiger partial charge in [0.2, 0.25) is 47.3 Å². The first-order valence-corrected chi connectivity index (χ1v) is 19.1. The minimum absolute atomic E-state index is 0.360. The molecule has 7 atom stereocenters. The van der Waals surface area contributed by atoms with E-state index in [2.05, 4.69) is 36.9 Å². The van der Waals surface area contributed by atoms with Gasteiger partial charge in [0, 0.05) is 42.8 Å². The third-order valence-corrected chi connectivity index (χ3v) is 9.11. The molecule has 0 aliphatic carbocycles. The van der Waals surface area contributed by atoms with Crippen LogP contribution in [0.2, 0.25) is 0 Å². The molecular formula is C37H50N10O16. The van der Waals surface area contributed by atoms with Crippen LogP contribution in [0.3, 0.4) is 0 Å². The molecule has 2 aromatic rings. The number of rotatable bonds is 28. The zero-order chi connectivity index (χ0) is 47.6. The van der Waals surface area contributed by atoms with Crippen molar-refractivity contribution < 1.29 is 78.0 Å². The van der Waals surface area contributed by atoms with Gasteiger partial charge in [0.1, 0.15) is 36.3 Å². The van der Waals surface area contributed by atoms with E-state index in [1.54, 1.807) is 24.3 Å². The predicted molar refractivity (Wildman–Crippen MR) is 213 cm³/mol. The van der Waals surface area contributed by atoms with E-state index in [-0.39, 0.29) is 12.8 Å². The Balaban J connectivity index is 2.43. The van der Waals surface area contributed by atoms with Crippen LogP contribution in [-0.2, 0) is 64.0 Å². The molecule has 0 spiro atoms. The van der Waals surface area contributed by atoms with Gasteiger partial charge >= 0.3 is 23.9 Å². The average Bonchev–Trinajstić information content (AvgIpc) is 3.60. The Morgan fingerprint density at radius 1 is 0.556 bits per heavy atom. The summed E-state index contributed by atoms with van der Waals surface area (Å²) < 4.78 is 0. The lowest BCUT2D eigenvalue weighted by Gasteiger charge is -2.26. The molecule has 26 nitrogen and oxygen atoms in total. The number of para-hydroxylation sites is 1. The highest BCUT2D eigenvalue weighted by Crippen LogP contribution is 2.19. The third-order valence-electron chi connectivity index (χ3n) is 9.11. The highest BCUT2D eigenvalue weighted by atomic mass is 16.4. The van der Waals surface area contributed by atoms with Crippen LogP contribution >= 0.6 is 0 Å². The minimum Gasteiger partial charge on any atom is -0.481 e. The van der Waals surface area contributed by atoms with E-state index in [4.69, 9.17) is 27.4 Å². The highest BCUT2D eigenvalue weighted by molar-refractivity contribution is 5.99. The molecule has 0 bridgehead atoms. The zero-order valence-corrected chi connectivity index (χ0v) is 33.7. The lowest BCUT2D eigenvalue weighted by molar-refractivity contribution is -0.143. The number of benzene rings is 1. The maximum atomic E-state index is 14.0. The largest absolute Gasteiger partial charge is 0.481 e. The van der Waals surface area contributed by atoms with Gasteiger partial charge in [0.25, 0.3) is 0 Å². The van der Waals surface area contributed by atoms with Crippen LogP contribution in [0.1, 0.15) is 63.9 Å². The van der Waals surface area contributed by atoms with Crippen LogP contribution in [0.15, 0.2) is 30.5 Å². The minimum atomic E-state index is -1.90. The van der Waals surface area contributed by atoms with E-state index in [9.17, 15) is 67.7 Å². The fourth-order valence-corrected chi connectivity index (χ4v) is 5.79. The van der Waals surface area contributed by atoms with Gasteiger partial charge in [-0.25, -0.2) is 4.79 Å². The summed E-state index contributed by atoms with van der Waals surface area (Å²) in [6.45, 7) is 1.12. The Morgan fingerprint density at radius 2 is 0.984 bits per heavy atom. The quantitative estimate of drug-likeness (QED) is 0.0382. The number of hydrogen-bond donors (Lipinski definition) is 14. The number of carbonyl (C=O) groups excluding carboxylic acids is 8. The molecule has 2 rings (SSSR count). The van der Waals surface area contributed by atoms with Gasteiger partial charge in [-0.1, -0.05) is 18.2 Å². The van der Waals surface area contributed by atoms with E-state index in [1.165, 1.54) is 6.20 Å². The van der Waals surface area contributed by atoms with E-state index in [0.29, 0.717) is 16.5 Å². The molecular weight excluding hydrogens is 840 g/mol. The highest BCUT2D eigenvalue weighted by Gasteiger charge is 2.35. The van der Waals surface area contributed by atoms with Gasteiger partial charge in [0.05, 0.1) is 18.9 Å². The number of H-pyrrole nitrogens is 1. The standard InChI is InChI=1S/C37H50N10O16/c1-16(31(56)44-22(37(62)63)8-11-30(54)55)42-34(59)24(13-26(39)48)47-35(60)23(12-17-15-41-20-5-3-2-4-18(17)20)45-36(61)25(14-27(40)49)46-33(58)21(7-10-29(52)53)43-32(57)19(38)6-9-28(50)51/h2-5,15-16,19,21-25,41H,6-14,38H2,1H3,(H2,39,48)(H2,40,49)(H,42,59)(H,43,57)(H,44,56)(H,45,61)(H,46,58)(H,47,60)(H,50,51)(H,52,53)(H,54,55)(H,62,63)/t16-,19-,21-,22-,23-,24-,25-/m0/s1. The van der Waals surface area contributed by atoms with E-state index >= 15 is 0 Å². The number of primary amides is 2. The molecule has 1 aromatic heterocycles. The van der Waals surface area contributed by atoms with Crippen LogP contribution in [0.5, 0.6) is 0 Å². The summed E-state index contributed by atoms with van der Waals surface area (Å²) in [5.41, 5.74) is 17.4. The number of nitrogens with two attached hydrogens (primary N) is 3. The van der Waals surface area contributed by atoms with Crippen molar-refractivity contribution in [2.45, 2.75) is 107 Å². The summed E-state index contributed by atoms with van der Waals surface area (Å²) in [5.74, 6) is -14.8. The fourth-order valence-electron chi connectivity index (χ4n) is 5.79. The van der Waals surface area contributed by atoms with Crippen molar-refractivity contribution in [1.82, 2.24) is 36.9 Å². The van der Waals surface area contributed by atoms with Crippen molar-refractivity contribution in [1.29, 1.82) is 0 Å². The van der Waals surface area contributed by atoms with E-state index in [1.807, 2.05) is 0 Å². The summed E-state index contributed by atoms with van der Waals surface area (Å²) in [6, 6.07) is -5.04. The summed E-state index contributed by atoms with van der Waals surface area (Å²) in [7, 11) is 0. The summed E-state index contributed by atoms with van der Waals surface area (Å²) in [5, 5.41) is 50.3. The predicted octanol–water partition coefficient (Wildman–Crippen LogP) is -4.60. The number of nitrogens with one attached hydrogen (secondary N) is 7. The molecule has 0 saturated heterocycles. The molecule has 8 amide bonds.